The van der Waals surface area contributed by atoms with Gasteiger partial charge in [0.15, 0.2) is 6.10 Å². The van der Waals surface area contributed by atoms with Crippen LogP contribution >= 0.6 is 0 Å². The molecule has 7 nitrogen and oxygen atoms in total. The average Bonchev–Trinajstić information content (AvgIpc) is 2.42. The molecule has 0 amide bonds. The van der Waals surface area contributed by atoms with E-state index in [9.17, 15) is 10.1 Å². The summed E-state index contributed by atoms with van der Waals surface area (Å²) in [5, 5.41) is 20.0. The van der Waals surface area contributed by atoms with Gasteiger partial charge in [-0.15, -0.1) is 0 Å². The lowest BCUT2D eigenvalue weighted by molar-refractivity contribution is -0.386. The lowest BCUT2D eigenvalue weighted by Crippen LogP contribution is -2.41. The number of aromatic nitrogens is 1. The van der Waals surface area contributed by atoms with Crippen molar-refractivity contribution in [2.75, 3.05) is 19.7 Å². The fraction of sp³-hybridized carbons (Fsp3) is 0.538. The first-order chi connectivity index (χ1) is 9.52. The van der Waals surface area contributed by atoms with Gasteiger partial charge < -0.3 is 4.74 Å². The van der Waals surface area contributed by atoms with Crippen molar-refractivity contribution in [2.24, 2.45) is 0 Å². The molecule has 20 heavy (non-hydrogen) atoms. The van der Waals surface area contributed by atoms with Gasteiger partial charge in [0.25, 0.3) is 5.69 Å². The lowest BCUT2D eigenvalue weighted by atomic mass is 10.1. The van der Waals surface area contributed by atoms with E-state index in [1.807, 2.05) is 4.90 Å². The van der Waals surface area contributed by atoms with Crippen LogP contribution in [-0.2, 0) is 11.3 Å². The van der Waals surface area contributed by atoms with E-state index in [-0.39, 0.29) is 10.6 Å². The minimum atomic E-state index is -0.440. The largest absolute Gasteiger partial charge is 0.361 e. The number of nitriles is 1. The van der Waals surface area contributed by atoms with Gasteiger partial charge >= 0.3 is 0 Å². The van der Waals surface area contributed by atoms with Gasteiger partial charge in [-0.3, -0.25) is 20.0 Å². The summed E-state index contributed by atoms with van der Waals surface area (Å²) >= 11 is 0. The Hall–Kier alpha value is -2.04. The standard InChI is InChI=1S/C13H16N4O3/c1-9-6-15-12(10(2)13(9)17(18)19)8-16-3-4-20-11(5-14)7-16/h6,11H,3-4,7-8H2,1-2H3. The number of morpholine rings is 1. The van der Waals surface area contributed by atoms with Crippen LogP contribution in [0.4, 0.5) is 5.69 Å². The van der Waals surface area contributed by atoms with Crippen molar-refractivity contribution in [1.82, 2.24) is 9.88 Å². The summed E-state index contributed by atoms with van der Waals surface area (Å²) in [6.07, 6.45) is 1.09. The minimum absolute atomic E-state index is 0.125. The summed E-state index contributed by atoms with van der Waals surface area (Å²) in [6.45, 7) is 5.58. The quantitative estimate of drug-likeness (QED) is 0.611. The predicted octanol–water partition coefficient (Wildman–Crippen LogP) is 1.33. The molecule has 2 heterocycles. The molecule has 1 unspecified atom stereocenters. The van der Waals surface area contributed by atoms with Gasteiger partial charge in [-0.1, -0.05) is 0 Å². The molecule has 1 aliphatic heterocycles. The number of hydrogen-bond acceptors (Lipinski definition) is 6. The van der Waals surface area contributed by atoms with E-state index in [0.717, 1.165) is 0 Å². The number of hydrogen-bond donors (Lipinski definition) is 0. The Morgan fingerprint density at radius 3 is 3.05 bits per heavy atom. The van der Waals surface area contributed by atoms with E-state index >= 15 is 0 Å². The zero-order valence-electron chi connectivity index (χ0n) is 11.5. The number of nitrogens with zero attached hydrogens (tertiary/aromatic N) is 4. The monoisotopic (exact) mass is 276 g/mol. The zero-order valence-corrected chi connectivity index (χ0v) is 11.5. The lowest BCUT2D eigenvalue weighted by Gasteiger charge is -2.29. The Bertz CT molecular complexity index is 567. The van der Waals surface area contributed by atoms with Crippen LogP contribution in [0.15, 0.2) is 6.20 Å². The highest BCUT2D eigenvalue weighted by molar-refractivity contribution is 5.47. The number of nitro groups is 1. The van der Waals surface area contributed by atoms with Crippen LogP contribution in [0.2, 0.25) is 0 Å². The van der Waals surface area contributed by atoms with Crippen molar-refractivity contribution in [3.05, 3.63) is 33.1 Å². The Labute approximate surface area is 116 Å². The fourth-order valence-corrected chi connectivity index (χ4v) is 2.34. The van der Waals surface area contributed by atoms with Gasteiger partial charge in [0, 0.05) is 37.0 Å². The Morgan fingerprint density at radius 1 is 1.65 bits per heavy atom. The van der Waals surface area contributed by atoms with Gasteiger partial charge in [0.05, 0.1) is 23.3 Å². The molecule has 0 radical (unpaired) electrons. The van der Waals surface area contributed by atoms with Crippen molar-refractivity contribution >= 4 is 5.69 Å². The highest BCUT2D eigenvalue weighted by Gasteiger charge is 2.23. The second-order valence-corrected chi connectivity index (χ2v) is 4.84. The van der Waals surface area contributed by atoms with E-state index in [1.54, 1.807) is 13.8 Å². The maximum absolute atomic E-state index is 11.1. The summed E-state index contributed by atoms with van der Waals surface area (Å²) in [5.74, 6) is 0. The normalized spacial score (nSPS) is 19.6. The molecule has 106 valence electrons. The molecule has 1 aliphatic rings. The SMILES string of the molecule is Cc1cnc(CN2CCOC(C#N)C2)c(C)c1[N+](=O)[O-]. The fourth-order valence-electron chi connectivity index (χ4n) is 2.34. The number of ether oxygens (including phenoxy) is 1. The first kappa shape index (κ1) is 14.4. The summed E-state index contributed by atoms with van der Waals surface area (Å²) < 4.78 is 5.27. The van der Waals surface area contributed by atoms with Crippen LogP contribution < -0.4 is 0 Å². The van der Waals surface area contributed by atoms with Crippen molar-refractivity contribution in [1.29, 1.82) is 5.26 Å². The van der Waals surface area contributed by atoms with Crippen molar-refractivity contribution in [2.45, 2.75) is 26.5 Å². The van der Waals surface area contributed by atoms with Crippen LogP contribution in [0, 0.1) is 35.3 Å². The second kappa shape index (κ2) is 5.94. The molecule has 1 aromatic rings. The Balaban J connectivity index is 2.20. The van der Waals surface area contributed by atoms with E-state index in [2.05, 4.69) is 11.1 Å². The molecule has 0 bridgehead atoms. The molecule has 1 atom stereocenters. The maximum atomic E-state index is 11.1. The molecule has 1 aromatic heterocycles. The first-order valence-electron chi connectivity index (χ1n) is 6.36. The van der Waals surface area contributed by atoms with Gasteiger partial charge in [-0.2, -0.15) is 5.26 Å². The third kappa shape index (κ3) is 2.92. The number of aryl methyl sites for hydroxylation is 1. The predicted molar refractivity (Wildman–Crippen MR) is 71.0 cm³/mol. The molecule has 0 saturated carbocycles. The molecule has 1 fully saturated rings. The smallest absolute Gasteiger partial charge is 0.278 e. The van der Waals surface area contributed by atoms with Gasteiger partial charge in [0.2, 0.25) is 0 Å². The highest BCUT2D eigenvalue weighted by Crippen LogP contribution is 2.25. The number of rotatable bonds is 3. The number of pyridine rings is 1. The van der Waals surface area contributed by atoms with Crippen LogP contribution in [0.1, 0.15) is 16.8 Å². The topological polar surface area (TPSA) is 92.3 Å². The average molecular weight is 276 g/mol. The van der Waals surface area contributed by atoms with Crippen LogP contribution in [0.3, 0.4) is 0 Å². The van der Waals surface area contributed by atoms with E-state index in [1.165, 1.54) is 6.20 Å². The van der Waals surface area contributed by atoms with Crippen LogP contribution in [0.25, 0.3) is 0 Å². The summed E-state index contributed by atoms with van der Waals surface area (Å²) in [5.41, 5.74) is 1.96. The van der Waals surface area contributed by atoms with Crippen LogP contribution in [-0.4, -0.2) is 40.6 Å². The molecule has 7 heteroatoms. The Kier molecular flexibility index (Phi) is 4.27. The molecule has 0 N–H and O–H groups in total. The molecule has 1 saturated heterocycles. The molecule has 2 rings (SSSR count). The van der Waals surface area contributed by atoms with E-state index in [0.29, 0.717) is 43.1 Å². The molecular formula is C13H16N4O3. The Morgan fingerprint density at radius 2 is 2.40 bits per heavy atom. The summed E-state index contributed by atoms with van der Waals surface area (Å²) in [6, 6.07) is 2.08. The summed E-state index contributed by atoms with van der Waals surface area (Å²) in [7, 11) is 0. The third-order valence-corrected chi connectivity index (χ3v) is 3.43. The maximum Gasteiger partial charge on any atom is 0.278 e. The van der Waals surface area contributed by atoms with Crippen molar-refractivity contribution in [3.8, 4) is 6.07 Å². The van der Waals surface area contributed by atoms with Crippen LogP contribution in [0.5, 0.6) is 0 Å². The van der Waals surface area contributed by atoms with E-state index in [4.69, 9.17) is 10.00 Å². The minimum Gasteiger partial charge on any atom is -0.361 e. The second-order valence-electron chi connectivity index (χ2n) is 4.84. The zero-order chi connectivity index (χ0) is 14.7. The molecular weight excluding hydrogens is 260 g/mol. The summed E-state index contributed by atoms with van der Waals surface area (Å²) in [4.78, 5) is 17.0. The van der Waals surface area contributed by atoms with Crippen molar-refractivity contribution < 1.29 is 9.66 Å². The van der Waals surface area contributed by atoms with Gasteiger partial charge in [-0.25, -0.2) is 0 Å². The molecule has 0 aliphatic carbocycles. The molecule has 0 aromatic carbocycles. The first-order valence-corrected chi connectivity index (χ1v) is 6.36. The third-order valence-electron chi connectivity index (χ3n) is 3.43. The van der Waals surface area contributed by atoms with Crippen molar-refractivity contribution in [3.63, 3.8) is 0 Å². The van der Waals surface area contributed by atoms with Gasteiger partial charge in [0.1, 0.15) is 0 Å². The van der Waals surface area contributed by atoms with E-state index < -0.39 is 6.10 Å². The van der Waals surface area contributed by atoms with Gasteiger partial charge in [-0.05, 0) is 13.8 Å². The molecule has 0 spiro atoms. The highest BCUT2D eigenvalue weighted by atomic mass is 16.6.